The molecule has 1 rings (SSSR count). The minimum absolute atomic E-state index is 0.680. The van der Waals surface area contributed by atoms with E-state index in [1.165, 1.54) is 0 Å². The third-order valence-electron chi connectivity index (χ3n) is 2.45. The van der Waals surface area contributed by atoms with E-state index in [1.54, 1.807) is 0 Å². The molecule has 0 amide bonds. The highest BCUT2D eigenvalue weighted by Gasteiger charge is 2.52. The van der Waals surface area contributed by atoms with Gasteiger partial charge in [0.05, 0.1) is 0 Å². The van der Waals surface area contributed by atoms with Crippen LogP contribution in [0.5, 0.6) is 0 Å². The lowest BCUT2D eigenvalue weighted by Crippen LogP contribution is -2.35. The smallest absolute Gasteiger partial charge is 0.289 e. The molecule has 0 radical (unpaired) electrons. The summed E-state index contributed by atoms with van der Waals surface area (Å²) in [4.78, 5) is 22.6. The topological polar surface area (TPSA) is 34.1 Å². The predicted octanol–water partition coefficient (Wildman–Crippen LogP) is 2.90. The Labute approximate surface area is 97.0 Å². The van der Waals surface area contributed by atoms with Crippen LogP contribution in [0.2, 0.25) is 0 Å². The van der Waals surface area contributed by atoms with Gasteiger partial charge in [0, 0.05) is 11.1 Å². The minimum atomic E-state index is -5.30. The molecule has 0 spiro atoms. The molecule has 0 bridgehead atoms. The Hall–Kier alpha value is -1.60. The fraction of sp³-hybridized carbons (Fsp3) is 0.400. The zero-order valence-electron chi connectivity index (χ0n) is 9.08. The van der Waals surface area contributed by atoms with Gasteiger partial charge in [-0.25, -0.2) is 0 Å². The van der Waals surface area contributed by atoms with Crippen molar-refractivity contribution >= 4 is 11.6 Å². The highest BCUT2D eigenvalue weighted by Crippen LogP contribution is 2.41. The lowest BCUT2D eigenvalue weighted by atomic mass is 9.84. The first-order chi connectivity index (χ1) is 7.89. The summed E-state index contributed by atoms with van der Waals surface area (Å²) in [7, 11) is 0. The number of Topliss-reactive ketones (excluding diaryl/α,β-unsaturated/α-hetero) is 2. The lowest BCUT2D eigenvalue weighted by Gasteiger charge is -2.23. The van der Waals surface area contributed by atoms with Crippen molar-refractivity contribution in [3.63, 3.8) is 0 Å². The second-order valence-corrected chi connectivity index (χ2v) is 3.65. The molecular formula is C10H6F6O2. The van der Waals surface area contributed by atoms with E-state index in [1.807, 2.05) is 0 Å². The van der Waals surface area contributed by atoms with Crippen LogP contribution in [0.25, 0.3) is 0 Å². The van der Waals surface area contributed by atoms with Gasteiger partial charge in [-0.15, -0.1) is 0 Å². The maximum absolute atomic E-state index is 12.5. The summed E-state index contributed by atoms with van der Waals surface area (Å²) in [6.45, 7) is 1.36. The number of hydrogen-bond acceptors (Lipinski definition) is 2. The zero-order valence-corrected chi connectivity index (χ0v) is 9.08. The van der Waals surface area contributed by atoms with Crippen LogP contribution < -0.4 is 0 Å². The lowest BCUT2D eigenvalue weighted by molar-refractivity contribution is -0.139. The number of rotatable bonds is 0. The van der Waals surface area contributed by atoms with Crippen molar-refractivity contribution < 1.29 is 35.9 Å². The van der Waals surface area contributed by atoms with Crippen LogP contribution in [0.3, 0.4) is 0 Å². The Morgan fingerprint density at radius 1 is 0.667 bits per heavy atom. The molecule has 1 aliphatic carbocycles. The van der Waals surface area contributed by atoms with E-state index in [0.29, 0.717) is 13.8 Å². The molecule has 0 fully saturated rings. The number of carbonyl (C=O) groups excluding carboxylic acids is 2. The van der Waals surface area contributed by atoms with E-state index < -0.39 is 46.2 Å². The first kappa shape index (κ1) is 14.5. The summed E-state index contributed by atoms with van der Waals surface area (Å²) in [6, 6.07) is 0. The molecule has 0 saturated heterocycles. The molecule has 0 aliphatic heterocycles. The second kappa shape index (κ2) is 3.96. The maximum Gasteiger partial charge on any atom is 0.420 e. The van der Waals surface area contributed by atoms with Crippen LogP contribution in [0.4, 0.5) is 26.3 Å². The summed E-state index contributed by atoms with van der Waals surface area (Å²) >= 11 is 0. The van der Waals surface area contributed by atoms with Gasteiger partial charge in [-0.2, -0.15) is 26.3 Å². The third-order valence-corrected chi connectivity index (χ3v) is 2.45. The molecule has 0 aromatic carbocycles. The fourth-order valence-electron chi connectivity index (χ4n) is 1.66. The second-order valence-electron chi connectivity index (χ2n) is 3.65. The largest absolute Gasteiger partial charge is 0.420 e. The average Bonchev–Trinajstić information content (AvgIpc) is 2.09. The first-order valence-electron chi connectivity index (χ1n) is 4.54. The first-order valence-corrected chi connectivity index (χ1v) is 4.54. The molecule has 8 heteroatoms. The van der Waals surface area contributed by atoms with Crippen LogP contribution in [0.15, 0.2) is 22.3 Å². The van der Waals surface area contributed by atoms with Crippen molar-refractivity contribution in [3.05, 3.63) is 22.3 Å². The molecule has 0 aromatic rings. The van der Waals surface area contributed by atoms with Crippen LogP contribution >= 0.6 is 0 Å². The molecule has 0 atom stereocenters. The normalized spacial score (nSPS) is 18.9. The zero-order chi connectivity index (χ0) is 14.5. The van der Waals surface area contributed by atoms with E-state index >= 15 is 0 Å². The summed E-state index contributed by atoms with van der Waals surface area (Å²) in [5.41, 5.74) is -6.13. The van der Waals surface area contributed by atoms with Crippen molar-refractivity contribution in [2.45, 2.75) is 26.2 Å². The molecule has 0 aromatic heterocycles. The highest BCUT2D eigenvalue weighted by molar-refractivity contribution is 6.25. The quantitative estimate of drug-likeness (QED) is 0.502. The summed E-state index contributed by atoms with van der Waals surface area (Å²) in [5, 5.41) is 0. The van der Waals surface area contributed by atoms with Gasteiger partial charge in [0.25, 0.3) is 0 Å². The number of hydrogen-bond donors (Lipinski definition) is 0. The number of carbonyl (C=O) groups is 2. The van der Waals surface area contributed by atoms with Crippen LogP contribution in [0.1, 0.15) is 13.8 Å². The van der Waals surface area contributed by atoms with Gasteiger partial charge in [-0.3, -0.25) is 9.59 Å². The molecule has 0 N–H and O–H groups in total. The third kappa shape index (κ3) is 2.19. The Bertz CT molecular complexity index is 447. The molecule has 100 valence electrons. The van der Waals surface area contributed by atoms with Gasteiger partial charge in [0.2, 0.25) is 5.78 Å². The maximum atomic E-state index is 12.5. The Morgan fingerprint density at radius 2 is 0.944 bits per heavy atom. The van der Waals surface area contributed by atoms with Gasteiger partial charge in [-0.1, -0.05) is 0 Å². The van der Waals surface area contributed by atoms with Gasteiger partial charge >= 0.3 is 12.4 Å². The molecule has 0 saturated carbocycles. The Kier molecular flexibility index (Phi) is 3.18. The average molecular weight is 272 g/mol. The van der Waals surface area contributed by atoms with Gasteiger partial charge < -0.3 is 0 Å². The standard InChI is InChI=1S/C10H6F6O2/c1-3-5(9(11,12)13)8(18)6(10(14,15)16)4(2)7(3)17/h1-2H3. The molecule has 18 heavy (non-hydrogen) atoms. The molecular weight excluding hydrogens is 266 g/mol. The Morgan fingerprint density at radius 3 is 1.17 bits per heavy atom. The Balaban J connectivity index is 3.55. The molecule has 1 aliphatic rings. The SMILES string of the molecule is CC1=C(C(F)(F)F)C(=O)C(C(F)(F)F)=C(C)C1=O. The minimum Gasteiger partial charge on any atom is -0.289 e. The van der Waals surface area contributed by atoms with Crippen molar-refractivity contribution in [1.29, 1.82) is 0 Å². The summed E-state index contributed by atoms with van der Waals surface area (Å²) in [5.74, 6) is -3.63. The monoisotopic (exact) mass is 272 g/mol. The van der Waals surface area contributed by atoms with E-state index in [0.717, 1.165) is 0 Å². The van der Waals surface area contributed by atoms with Crippen LogP contribution in [-0.2, 0) is 9.59 Å². The van der Waals surface area contributed by atoms with Gasteiger partial charge in [0.1, 0.15) is 11.1 Å². The van der Waals surface area contributed by atoms with E-state index in [9.17, 15) is 35.9 Å². The van der Waals surface area contributed by atoms with Crippen molar-refractivity contribution in [1.82, 2.24) is 0 Å². The molecule has 2 nitrogen and oxygen atoms in total. The molecule has 0 unspecified atom stereocenters. The summed E-state index contributed by atoms with van der Waals surface area (Å²) < 4.78 is 74.9. The van der Waals surface area contributed by atoms with E-state index in [4.69, 9.17) is 0 Å². The number of allylic oxidation sites excluding steroid dienone is 4. The van der Waals surface area contributed by atoms with Crippen molar-refractivity contribution in [3.8, 4) is 0 Å². The van der Waals surface area contributed by atoms with Crippen molar-refractivity contribution in [2.24, 2.45) is 0 Å². The van der Waals surface area contributed by atoms with Gasteiger partial charge in [0.15, 0.2) is 5.78 Å². The molecule has 0 heterocycles. The number of ketones is 2. The summed E-state index contributed by atoms with van der Waals surface area (Å²) in [6.07, 6.45) is -10.6. The fourth-order valence-corrected chi connectivity index (χ4v) is 1.66. The van der Waals surface area contributed by atoms with Crippen molar-refractivity contribution in [2.75, 3.05) is 0 Å². The number of alkyl halides is 6. The van der Waals surface area contributed by atoms with E-state index in [-0.39, 0.29) is 0 Å². The number of halogens is 6. The van der Waals surface area contributed by atoms with Gasteiger partial charge in [-0.05, 0) is 13.8 Å². The van der Waals surface area contributed by atoms with Crippen LogP contribution in [0, 0.1) is 0 Å². The van der Waals surface area contributed by atoms with E-state index in [2.05, 4.69) is 0 Å². The predicted molar refractivity (Wildman–Crippen MR) is 47.5 cm³/mol. The highest BCUT2D eigenvalue weighted by atomic mass is 19.4. The van der Waals surface area contributed by atoms with Crippen LogP contribution in [-0.4, -0.2) is 23.9 Å².